The molecule has 0 aliphatic heterocycles. The second-order valence-corrected chi connectivity index (χ2v) is 11.7. The van der Waals surface area contributed by atoms with E-state index < -0.39 is 0 Å². The second-order valence-electron chi connectivity index (χ2n) is 11.7. The first-order chi connectivity index (χ1) is 22.9. The lowest BCUT2D eigenvalue weighted by molar-refractivity contribution is 0.637. The van der Waals surface area contributed by atoms with Crippen molar-refractivity contribution in [3.63, 3.8) is 0 Å². The van der Waals surface area contributed by atoms with Gasteiger partial charge in [-0.2, -0.15) is 0 Å². The summed E-state index contributed by atoms with van der Waals surface area (Å²) in [5.74, 6) is 0.886. The van der Waals surface area contributed by atoms with Crippen molar-refractivity contribution in [2.24, 2.45) is 0 Å². The molecule has 0 saturated carbocycles. The highest BCUT2D eigenvalue weighted by Gasteiger charge is 2.25. The molecule has 1 heterocycles. The monoisotopic (exact) mass is 587 g/mol. The van der Waals surface area contributed by atoms with E-state index in [-0.39, 0.29) is 0 Å². The SMILES string of the molecule is c1ccc(-c2c(-c3ccc(N(c4ccccc4)c4ccccc4)c4ccccc34)oc3c4ccccc4c4ccccc4c23)cc1. The number of nitrogens with zero attached hydrogens (tertiary/aromatic N) is 1. The maximum Gasteiger partial charge on any atom is 0.143 e. The summed E-state index contributed by atoms with van der Waals surface area (Å²) in [4.78, 5) is 2.34. The third-order valence-electron chi connectivity index (χ3n) is 9.04. The van der Waals surface area contributed by atoms with E-state index in [0.717, 1.165) is 66.6 Å². The second kappa shape index (κ2) is 10.8. The van der Waals surface area contributed by atoms with Gasteiger partial charge in [0.25, 0.3) is 0 Å². The number of anilines is 3. The van der Waals surface area contributed by atoms with E-state index in [1.54, 1.807) is 0 Å². The lowest BCUT2D eigenvalue weighted by Crippen LogP contribution is -2.10. The summed E-state index contributed by atoms with van der Waals surface area (Å²) in [6.45, 7) is 0. The highest BCUT2D eigenvalue weighted by atomic mass is 16.3. The van der Waals surface area contributed by atoms with Crippen LogP contribution < -0.4 is 4.90 Å². The summed E-state index contributed by atoms with van der Waals surface area (Å²) < 4.78 is 7.13. The van der Waals surface area contributed by atoms with Gasteiger partial charge < -0.3 is 9.32 Å². The number of benzene rings is 8. The molecule has 0 radical (unpaired) electrons. The minimum Gasteiger partial charge on any atom is -0.455 e. The number of hydrogen-bond acceptors (Lipinski definition) is 2. The molecule has 9 aromatic rings. The van der Waals surface area contributed by atoms with Gasteiger partial charge >= 0.3 is 0 Å². The van der Waals surface area contributed by atoms with Crippen LogP contribution in [0.4, 0.5) is 17.1 Å². The molecule has 9 rings (SSSR count). The highest BCUT2D eigenvalue weighted by molar-refractivity contribution is 6.29. The smallest absolute Gasteiger partial charge is 0.143 e. The maximum absolute atomic E-state index is 7.13. The van der Waals surface area contributed by atoms with Crippen molar-refractivity contribution in [1.29, 1.82) is 0 Å². The van der Waals surface area contributed by atoms with Crippen molar-refractivity contribution in [2.45, 2.75) is 0 Å². The molecule has 0 aliphatic carbocycles. The van der Waals surface area contributed by atoms with Crippen LogP contribution in [0.1, 0.15) is 0 Å². The summed E-state index contributed by atoms with van der Waals surface area (Å²) in [5.41, 5.74) is 7.59. The van der Waals surface area contributed by atoms with Crippen molar-refractivity contribution in [2.75, 3.05) is 4.90 Å². The molecule has 216 valence electrons. The van der Waals surface area contributed by atoms with E-state index >= 15 is 0 Å². The zero-order chi connectivity index (χ0) is 30.5. The van der Waals surface area contributed by atoms with Crippen LogP contribution in [-0.4, -0.2) is 0 Å². The lowest BCUT2D eigenvalue weighted by Gasteiger charge is -2.27. The molecule has 0 N–H and O–H groups in total. The Bertz CT molecular complexity index is 2480. The van der Waals surface area contributed by atoms with E-state index in [1.807, 2.05) is 0 Å². The van der Waals surface area contributed by atoms with E-state index in [2.05, 4.69) is 181 Å². The fourth-order valence-corrected chi connectivity index (χ4v) is 7.06. The molecule has 8 aromatic carbocycles. The van der Waals surface area contributed by atoms with Gasteiger partial charge in [0.1, 0.15) is 11.3 Å². The van der Waals surface area contributed by atoms with Crippen LogP contribution >= 0.6 is 0 Å². The van der Waals surface area contributed by atoms with Gasteiger partial charge in [0.05, 0.1) is 5.69 Å². The Morgan fingerprint density at radius 2 is 0.848 bits per heavy atom. The molecular formula is C44H29NO. The molecule has 0 atom stereocenters. The van der Waals surface area contributed by atoms with Crippen molar-refractivity contribution in [3.8, 4) is 22.5 Å². The first-order valence-electron chi connectivity index (χ1n) is 15.7. The number of para-hydroxylation sites is 2. The van der Waals surface area contributed by atoms with Gasteiger partial charge in [0.15, 0.2) is 0 Å². The van der Waals surface area contributed by atoms with E-state index in [9.17, 15) is 0 Å². The van der Waals surface area contributed by atoms with E-state index in [0.29, 0.717) is 0 Å². The van der Waals surface area contributed by atoms with Crippen LogP contribution in [0.3, 0.4) is 0 Å². The van der Waals surface area contributed by atoms with Crippen LogP contribution in [0.15, 0.2) is 180 Å². The van der Waals surface area contributed by atoms with E-state index in [1.165, 1.54) is 16.2 Å². The van der Waals surface area contributed by atoms with Crippen LogP contribution in [-0.2, 0) is 0 Å². The van der Waals surface area contributed by atoms with Gasteiger partial charge in [-0.25, -0.2) is 0 Å². The van der Waals surface area contributed by atoms with Gasteiger partial charge in [-0.05, 0) is 63.5 Å². The summed E-state index contributed by atoms with van der Waals surface area (Å²) in [6.07, 6.45) is 0. The average Bonchev–Trinajstić information content (AvgIpc) is 3.54. The number of hydrogen-bond donors (Lipinski definition) is 0. The van der Waals surface area contributed by atoms with Crippen LogP contribution in [0, 0.1) is 0 Å². The molecule has 46 heavy (non-hydrogen) atoms. The summed E-state index contributed by atoms with van der Waals surface area (Å²) >= 11 is 0. The van der Waals surface area contributed by atoms with Crippen molar-refractivity contribution < 1.29 is 4.42 Å². The van der Waals surface area contributed by atoms with Gasteiger partial charge in [0.2, 0.25) is 0 Å². The molecule has 0 bridgehead atoms. The molecular weight excluding hydrogens is 558 g/mol. The normalized spacial score (nSPS) is 11.5. The molecule has 0 amide bonds. The zero-order valence-corrected chi connectivity index (χ0v) is 25.1. The van der Waals surface area contributed by atoms with Gasteiger partial charge in [-0.3, -0.25) is 0 Å². The minimum atomic E-state index is 0.886. The minimum absolute atomic E-state index is 0.886. The lowest BCUT2D eigenvalue weighted by atomic mass is 9.91. The van der Waals surface area contributed by atoms with Gasteiger partial charge in [0, 0.05) is 38.7 Å². The fraction of sp³-hybridized carbons (Fsp3) is 0. The van der Waals surface area contributed by atoms with Crippen molar-refractivity contribution in [1.82, 2.24) is 0 Å². The summed E-state index contributed by atoms with van der Waals surface area (Å²) in [6, 6.07) is 62.4. The third kappa shape index (κ3) is 4.12. The molecule has 0 aliphatic rings. The first kappa shape index (κ1) is 26.3. The van der Waals surface area contributed by atoms with Gasteiger partial charge in [-0.15, -0.1) is 0 Å². The number of furan rings is 1. The maximum atomic E-state index is 7.13. The van der Waals surface area contributed by atoms with Crippen molar-refractivity contribution >= 4 is 60.3 Å². The fourth-order valence-electron chi connectivity index (χ4n) is 7.06. The topological polar surface area (TPSA) is 16.4 Å². The Balaban J connectivity index is 1.39. The van der Waals surface area contributed by atoms with E-state index in [4.69, 9.17) is 4.42 Å². The van der Waals surface area contributed by atoms with Crippen LogP contribution in [0.5, 0.6) is 0 Å². The Morgan fingerprint density at radius 1 is 0.370 bits per heavy atom. The molecule has 2 nitrogen and oxygen atoms in total. The molecule has 0 unspecified atom stereocenters. The zero-order valence-electron chi connectivity index (χ0n) is 25.1. The predicted octanol–water partition coefficient (Wildman–Crippen LogP) is 12.7. The Kier molecular flexibility index (Phi) is 6.17. The summed E-state index contributed by atoms with van der Waals surface area (Å²) in [7, 11) is 0. The molecule has 1 aromatic heterocycles. The first-order valence-corrected chi connectivity index (χ1v) is 15.7. The largest absolute Gasteiger partial charge is 0.455 e. The molecule has 0 saturated heterocycles. The Labute approximate surface area is 267 Å². The molecule has 2 heteroatoms. The van der Waals surface area contributed by atoms with Gasteiger partial charge in [-0.1, -0.05) is 140 Å². The quantitative estimate of drug-likeness (QED) is 0.186. The third-order valence-corrected chi connectivity index (χ3v) is 9.04. The predicted molar refractivity (Wildman–Crippen MR) is 194 cm³/mol. The van der Waals surface area contributed by atoms with Crippen LogP contribution in [0.2, 0.25) is 0 Å². The Morgan fingerprint density at radius 3 is 1.48 bits per heavy atom. The van der Waals surface area contributed by atoms with Crippen LogP contribution in [0.25, 0.3) is 65.7 Å². The average molecular weight is 588 g/mol. The van der Waals surface area contributed by atoms with Crippen molar-refractivity contribution in [3.05, 3.63) is 176 Å². The number of rotatable bonds is 5. The molecule has 0 spiro atoms. The highest BCUT2D eigenvalue weighted by Crippen LogP contribution is 2.49. The summed E-state index contributed by atoms with van der Waals surface area (Å²) in [5, 5.41) is 8.21. The Hall–Kier alpha value is -6.12. The standard InChI is InChI=1S/C44H29NO/c1-4-16-30(17-5-1)41-42-37-26-14-11-22-33(37)34-23-12-15-27-38(34)44(42)46-43(41)39-28-29-40(36-25-13-10-24-35(36)39)45(31-18-6-2-7-19-31)32-20-8-3-9-21-32/h1-29H. The number of fused-ring (bicyclic) bond motifs is 7. The molecule has 0 fully saturated rings.